The van der Waals surface area contributed by atoms with Gasteiger partial charge in [0.25, 0.3) is 0 Å². The Morgan fingerprint density at radius 3 is 2.80 bits per heavy atom. The molecule has 7 atom stereocenters. The average Bonchev–Trinajstić information content (AvgIpc) is 3.14. The number of hydrogen-bond donors (Lipinski definition) is 0. The molecule has 3 fully saturated rings. The number of carbonyl (C=O) groups is 1. The molecule has 0 aromatic heterocycles. The molecule has 1 saturated heterocycles. The second kappa shape index (κ2) is 5.69. The van der Waals surface area contributed by atoms with Gasteiger partial charge in [0, 0.05) is 24.0 Å². The van der Waals surface area contributed by atoms with E-state index in [-0.39, 0.29) is 18.0 Å². The summed E-state index contributed by atoms with van der Waals surface area (Å²) in [5.74, 6) is 3.03. The molecule has 0 bridgehead atoms. The lowest BCUT2D eigenvalue weighted by Crippen LogP contribution is -2.47. The van der Waals surface area contributed by atoms with Crippen LogP contribution < -0.4 is 0 Å². The quantitative estimate of drug-likeness (QED) is 0.704. The fourth-order valence-corrected chi connectivity index (χ4v) is 6.33. The van der Waals surface area contributed by atoms with Crippen molar-refractivity contribution in [2.45, 2.75) is 52.1 Å². The molecule has 25 heavy (non-hydrogen) atoms. The van der Waals surface area contributed by atoms with E-state index in [1.54, 1.807) is 0 Å². The molecule has 3 heteroatoms. The number of benzene rings is 1. The number of ether oxygens (including phenoxy) is 1. The second-order valence-electron chi connectivity index (χ2n) is 8.84. The first-order valence-corrected chi connectivity index (χ1v) is 9.97. The number of cyclic esters (lactones) is 1. The standard InChI is InChI=1S/C22H27NO2/c1-12-7-8-16-15(9-12)10-17-20(13(2)25-22(17)24)21(16)19-11-14-5-3-4-6-18(14)23-19/h3-6,12-13,15-17,20-21H,7-11H2,1-2H3/t12-,13-,15+,16-,17-,20-,21?/m1/s1. The summed E-state index contributed by atoms with van der Waals surface area (Å²) >= 11 is 0. The van der Waals surface area contributed by atoms with Crippen molar-refractivity contribution in [2.75, 3.05) is 0 Å². The Morgan fingerprint density at radius 1 is 1.12 bits per heavy atom. The van der Waals surface area contributed by atoms with Crippen molar-refractivity contribution in [1.29, 1.82) is 0 Å². The van der Waals surface area contributed by atoms with Gasteiger partial charge in [0.05, 0.1) is 11.6 Å². The Morgan fingerprint density at radius 2 is 1.96 bits per heavy atom. The van der Waals surface area contributed by atoms with Crippen LogP contribution in [0.1, 0.15) is 45.1 Å². The van der Waals surface area contributed by atoms with Gasteiger partial charge in [0.2, 0.25) is 0 Å². The van der Waals surface area contributed by atoms with Crippen molar-refractivity contribution >= 4 is 17.4 Å². The molecule has 0 radical (unpaired) electrons. The van der Waals surface area contributed by atoms with Crippen molar-refractivity contribution in [3.63, 3.8) is 0 Å². The third-order valence-electron chi connectivity index (χ3n) is 7.36. The molecule has 1 unspecified atom stereocenters. The van der Waals surface area contributed by atoms with E-state index < -0.39 is 0 Å². The van der Waals surface area contributed by atoms with Crippen LogP contribution in [0.5, 0.6) is 0 Å². The largest absolute Gasteiger partial charge is 0.462 e. The minimum Gasteiger partial charge on any atom is -0.462 e. The molecule has 2 saturated carbocycles. The van der Waals surface area contributed by atoms with Gasteiger partial charge in [-0.05, 0) is 55.6 Å². The van der Waals surface area contributed by atoms with Gasteiger partial charge in [0.1, 0.15) is 6.10 Å². The minimum absolute atomic E-state index is 0.0363. The molecule has 0 spiro atoms. The van der Waals surface area contributed by atoms with E-state index >= 15 is 0 Å². The molecule has 132 valence electrons. The van der Waals surface area contributed by atoms with Gasteiger partial charge >= 0.3 is 5.97 Å². The van der Waals surface area contributed by atoms with Gasteiger partial charge in [-0.2, -0.15) is 0 Å². The first-order valence-electron chi connectivity index (χ1n) is 9.97. The zero-order chi connectivity index (χ0) is 17.1. The van der Waals surface area contributed by atoms with Crippen LogP contribution in [0.25, 0.3) is 0 Å². The Kier molecular flexibility index (Phi) is 3.55. The van der Waals surface area contributed by atoms with Gasteiger partial charge in [-0.15, -0.1) is 0 Å². The normalized spacial score (nSPS) is 42.2. The first-order chi connectivity index (χ1) is 12.1. The lowest BCUT2D eigenvalue weighted by Gasteiger charge is -2.48. The maximum absolute atomic E-state index is 12.5. The summed E-state index contributed by atoms with van der Waals surface area (Å²) in [4.78, 5) is 17.5. The van der Waals surface area contributed by atoms with Gasteiger partial charge < -0.3 is 4.74 Å². The highest BCUT2D eigenvalue weighted by Gasteiger charge is 2.56. The zero-order valence-corrected chi connectivity index (χ0v) is 15.2. The predicted octanol–water partition coefficient (Wildman–Crippen LogP) is 4.57. The van der Waals surface area contributed by atoms with E-state index in [2.05, 4.69) is 38.1 Å². The number of fused-ring (bicyclic) bond motifs is 3. The maximum Gasteiger partial charge on any atom is 0.309 e. The summed E-state index contributed by atoms with van der Waals surface area (Å²) in [5, 5.41) is 0. The van der Waals surface area contributed by atoms with E-state index in [4.69, 9.17) is 9.73 Å². The van der Waals surface area contributed by atoms with Crippen LogP contribution in [-0.2, 0) is 16.0 Å². The molecule has 0 N–H and O–H groups in total. The van der Waals surface area contributed by atoms with Gasteiger partial charge in [0.15, 0.2) is 0 Å². The van der Waals surface area contributed by atoms with Gasteiger partial charge in [-0.3, -0.25) is 9.79 Å². The number of para-hydroxylation sites is 1. The number of hydrogen-bond acceptors (Lipinski definition) is 3. The number of aliphatic imine (C=N–C) groups is 1. The molecule has 1 aromatic carbocycles. The lowest BCUT2D eigenvalue weighted by atomic mass is 9.55. The SMILES string of the molecule is C[C@@H]1CC[C@H]2C(C3=Nc4ccccc4C3)[C@@H]3[C@@H](C)OC(=O)[C@@H]3C[C@@H]2C1. The van der Waals surface area contributed by atoms with Crippen molar-refractivity contribution < 1.29 is 9.53 Å². The predicted molar refractivity (Wildman–Crippen MR) is 97.9 cm³/mol. The maximum atomic E-state index is 12.5. The topological polar surface area (TPSA) is 38.7 Å². The van der Waals surface area contributed by atoms with E-state index in [1.165, 1.54) is 30.5 Å². The molecule has 2 aliphatic carbocycles. The number of carbonyl (C=O) groups excluding carboxylic acids is 1. The smallest absolute Gasteiger partial charge is 0.309 e. The first kappa shape index (κ1) is 15.6. The summed E-state index contributed by atoms with van der Waals surface area (Å²) in [6, 6.07) is 8.51. The fourth-order valence-electron chi connectivity index (χ4n) is 6.33. The molecule has 1 aromatic rings. The Balaban J connectivity index is 1.54. The highest BCUT2D eigenvalue weighted by atomic mass is 16.6. The molecular formula is C22H27NO2. The number of nitrogens with zero attached hydrogens (tertiary/aromatic N) is 1. The van der Waals surface area contributed by atoms with Gasteiger partial charge in [-0.1, -0.05) is 31.5 Å². The van der Waals surface area contributed by atoms with E-state index in [1.807, 2.05) is 0 Å². The van der Waals surface area contributed by atoms with Crippen LogP contribution >= 0.6 is 0 Å². The van der Waals surface area contributed by atoms with Crippen LogP contribution in [0.2, 0.25) is 0 Å². The molecular weight excluding hydrogens is 310 g/mol. The number of esters is 1. The Bertz CT molecular complexity index is 739. The number of rotatable bonds is 1. The fraction of sp³-hybridized carbons (Fsp3) is 0.636. The minimum atomic E-state index is 0.0363. The Hall–Kier alpha value is -1.64. The molecule has 4 aliphatic rings. The molecule has 2 aliphatic heterocycles. The molecule has 2 heterocycles. The average molecular weight is 337 g/mol. The third kappa shape index (κ3) is 2.38. The van der Waals surface area contributed by atoms with Crippen molar-refractivity contribution in [3.8, 4) is 0 Å². The molecule has 3 nitrogen and oxygen atoms in total. The third-order valence-corrected chi connectivity index (χ3v) is 7.36. The van der Waals surface area contributed by atoms with E-state index in [0.29, 0.717) is 23.7 Å². The second-order valence-corrected chi connectivity index (χ2v) is 8.84. The Labute approximate surface area is 149 Å². The summed E-state index contributed by atoms with van der Waals surface area (Å²) < 4.78 is 5.71. The van der Waals surface area contributed by atoms with Gasteiger partial charge in [-0.25, -0.2) is 0 Å². The van der Waals surface area contributed by atoms with Crippen LogP contribution in [0, 0.1) is 35.5 Å². The highest BCUT2D eigenvalue weighted by molar-refractivity contribution is 5.97. The molecule has 0 amide bonds. The van der Waals surface area contributed by atoms with E-state index in [0.717, 1.165) is 24.4 Å². The van der Waals surface area contributed by atoms with Crippen molar-refractivity contribution in [2.24, 2.45) is 40.5 Å². The van der Waals surface area contributed by atoms with E-state index in [9.17, 15) is 4.79 Å². The zero-order valence-electron chi connectivity index (χ0n) is 15.2. The monoisotopic (exact) mass is 337 g/mol. The summed E-state index contributed by atoms with van der Waals surface area (Å²) in [7, 11) is 0. The summed E-state index contributed by atoms with van der Waals surface area (Å²) in [5.41, 5.74) is 3.81. The van der Waals surface area contributed by atoms with Crippen LogP contribution in [0.3, 0.4) is 0 Å². The summed E-state index contributed by atoms with van der Waals surface area (Å²) in [6.07, 6.45) is 5.92. The van der Waals surface area contributed by atoms with Crippen molar-refractivity contribution in [1.82, 2.24) is 0 Å². The lowest BCUT2D eigenvalue weighted by molar-refractivity contribution is -0.144. The van der Waals surface area contributed by atoms with Crippen LogP contribution in [-0.4, -0.2) is 17.8 Å². The summed E-state index contributed by atoms with van der Waals surface area (Å²) in [6.45, 7) is 4.47. The highest BCUT2D eigenvalue weighted by Crippen LogP contribution is 2.55. The van der Waals surface area contributed by atoms with Crippen LogP contribution in [0.4, 0.5) is 5.69 Å². The van der Waals surface area contributed by atoms with Crippen molar-refractivity contribution in [3.05, 3.63) is 29.8 Å². The van der Waals surface area contributed by atoms with Crippen LogP contribution in [0.15, 0.2) is 29.3 Å². The molecule has 5 rings (SSSR count).